The molecule has 1 aromatic heterocycles. The number of hydrogen-bond acceptors (Lipinski definition) is 5. The van der Waals surface area contributed by atoms with Gasteiger partial charge in [0.05, 0.1) is 6.54 Å². The molecular formula is C13H22N4OS. The number of hydrogen-bond donors (Lipinski definition) is 1. The second kappa shape index (κ2) is 6.32. The van der Waals surface area contributed by atoms with Gasteiger partial charge in [-0.2, -0.15) is 0 Å². The molecule has 0 saturated carbocycles. The van der Waals surface area contributed by atoms with E-state index in [-0.39, 0.29) is 5.91 Å². The molecule has 1 aliphatic heterocycles. The molecule has 0 bridgehead atoms. The van der Waals surface area contributed by atoms with Crippen LogP contribution in [-0.4, -0.2) is 34.6 Å². The van der Waals surface area contributed by atoms with Gasteiger partial charge in [-0.1, -0.05) is 25.2 Å². The normalized spacial score (nSPS) is 20.7. The highest BCUT2D eigenvalue weighted by molar-refractivity contribution is 7.15. The predicted octanol–water partition coefficient (Wildman–Crippen LogP) is 2.36. The van der Waals surface area contributed by atoms with E-state index in [0.29, 0.717) is 24.8 Å². The molecule has 1 fully saturated rings. The average molecular weight is 282 g/mol. The van der Waals surface area contributed by atoms with Gasteiger partial charge in [0.2, 0.25) is 11.0 Å². The number of amides is 1. The van der Waals surface area contributed by atoms with E-state index in [0.717, 1.165) is 29.5 Å². The molecule has 0 aliphatic carbocycles. The molecule has 106 valence electrons. The maximum atomic E-state index is 12.1. The number of carbonyl (C=O) groups is 1. The van der Waals surface area contributed by atoms with Crippen molar-refractivity contribution in [1.29, 1.82) is 0 Å². The summed E-state index contributed by atoms with van der Waals surface area (Å²) in [5.41, 5.74) is 0. The van der Waals surface area contributed by atoms with Crippen LogP contribution in [0.15, 0.2) is 0 Å². The average Bonchev–Trinajstić information content (AvgIpc) is 2.75. The summed E-state index contributed by atoms with van der Waals surface area (Å²) >= 11 is 1.52. The highest BCUT2D eigenvalue weighted by atomic mass is 32.1. The summed E-state index contributed by atoms with van der Waals surface area (Å²) in [6, 6.07) is 0. The van der Waals surface area contributed by atoms with Crippen molar-refractivity contribution in [3.8, 4) is 0 Å². The second-order valence-corrected chi connectivity index (χ2v) is 6.46. The lowest BCUT2D eigenvalue weighted by Gasteiger charge is -2.20. The van der Waals surface area contributed by atoms with Crippen LogP contribution >= 0.6 is 11.3 Å². The number of nitrogens with zero attached hydrogens (tertiary/aromatic N) is 3. The lowest BCUT2D eigenvalue weighted by atomic mass is 9.89. The molecule has 0 radical (unpaired) electrons. The maximum absolute atomic E-state index is 12.1. The van der Waals surface area contributed by atoms with Gasteiger partial charge in [0.15, 0.2) is 0 Å². The lowest BCUT2D eigenvalue weighted by Crippen LogP contribution is -2.29. The molecule has 6 heteroatoms. The number of rotatable bonds is 4. The first-order chi connectivity index (χ1) is 9.10. The van der Waals surface area contributed by atoms with Crippen LogP contribution in [0.2, 0.25) is 0 Å². The lowest BCUT2D eigenvalue weighted by molar-refractivity contribution is -0.131. The van der Waals surface area contributed by atoms with Crippen LogP contribution in [0.5, 0.6) is 0 Å². The van der Waals surface area contributed by atoms with Gasteiger partial charge >= 0.3 is 0 Å². The van der Waals surface area contributed by atoms with Crippen LogP contribution in [0.3, 0.4) is 0 Å². The minimum absolute atomic E-state index is 0.254. The molecule has 1 atom stereocenters. The van der Waals surface area contributed by atoms with Crippen LogP contribution in [0.25, 0.3) is 0 Å². The monoisotopic (exact) mass is 282 g/mol. The van der Waals surface area contributed by atoms with Crippen molar-refractivity contribution in [3.05, 3.63) is 5.01 Å². The van der Waals surface area contributed by atoms with Crippen molar-refractivity contribution in [2.24, 2.45) is 11.8 Å². The number of anilines is 1. The third kappa shape index (κ3) is 3.65. The minimum atomic E-state index is 0.254. The fourth-order valence-electron chi connectivity index (χ4n) is 2.47. The van der Waals surface area contributed by atoms with Crippen LogP contribution in [0.4, 0.5) is 5.13 Å². The van der Waals surface area contributed by atoms with E-state index in [1.54, 1.807) is 0 Å². The van der Waals surface area contributed by atoms with Crippen LogP contribution < -0.4 is 5.32 Å². The van der Waals surface area contributed by atoms with Gasteiger partial charge in [-0.3, -0.25) is 4.79 Å². The van der Waals surface area contributed by atoms with Crippen molar-refractivity contribution >= 4 is 22.4 Å². The maximum Gasteiger partial charge on any atom is 0.222 e. The summed E-state index contributed by atoms with van der Waals surface area (Å²) in [6.45, 7) is 5.93. The molecular weight excluding hydrogens is 260 g/mol. The Hall–Kier alpha value is -1.17. The number of likely N-dealkylation sites (tertiary alicyclic amines) is 1. The topological polar surface area (TPSA) is 58.1 Å². The first-order valence-electron chi connectivity index (χ1n) is 6.88. The van der Waals surface area contributed by atoms with E-state index in [2.05, 4.69) is 29.4 Å². The van der Waals surface area contributed by atoms with E-state index < -0.39 is 0 Å². The summed E-state index contributed by atoms with van der Waals surface area (Å²) < 4.78 is 0. The second-order valence-electron chi connectivity index (χ2n) is 5.40. The highest BCUT2D eigenvalue weighted by Crippen LogP contribution is 2.26. The standard InChI is InChI=1S/C13H22N4OS/c1-9(2)10-4-5-12(18)17(7-6-10)8-11-15-16-13(14-3)19-11/h9-10H,4-8H2,1-3H3,(H,14,16). The van der Waals surface area contributed by atoms with Crippen molar-refractivity contribution in [2.45, 2.75) is 39.7 Å². The van der Waals surface area contributed by atoms with Crippen molar-refractivity contribution in [1.82, 2.24) is 15.1 Å². The smallest absolute Gasteiger partial charge is 0.222 e. The minimum Gasteiger partial charge on any atom is -0.363 e. The molecule has 19 heavy (non-hydrogen) atoms. The number of aromatic nitrogens is 2. The summed E-state index contributed by atoms with van der Waals surface area (Å²) in [5, 5.41) is 12.8. The Kier molecular flexibility index (Phi) is 4.74. The van der Waals surface area contributed by atoms with E-state index in [9.17, 15) is 4.79 Å². The molecule has 5 nitrogen and oxygen atoms in total. The van der Waals surface area contributed by atoms with Crippen LogP contribution in [0, 0.1) is 11.8 Å². The highest BCUT2D eigenvalue weighted by Gasteiger charge is 2.24. The fraction of sp³-hybridized carbons (Fsp3) is 0.769. The van der Waals surface area contributed by atoms with E-state index in [1.807, 2.05) is 11.9 Å². The van der Waals surface area contributed by atoms with E-state index in [4.69, 9.17) is 0 Å². The van der Waals surface area contributed by atoms with Gasteiger partial charge in [-0.05, 0) is 24.7 Å². The zero-order valence-corrected chi connectivity index (χ0v) is 12.7. The van der Waals surface area contributed by atoms with Crippen LogP contribution in [0.1, 0.15) is 38.1 Å². The Morgan fingerprint density at radius 1 is 1.42 bits per heavy atom. The third-order valence-corrected chi connectivity index (χ3v) is 4.73. The Morgan fingerprint density at radius 3 is 2.84 bits per heavy atom. The first-order valence-corrected chi connectivity index (χ1v) is 7.69. The van der Waals surface area contributed by atoms with E-state index in [1.165, 1.54) is 11.3 Å². The molecule has 0 spiro atoms. The first kappa shape index (κ1) is 14.2. The quantitative estimate of drug-likeness (QED) is 0.921. The third-order valence-electron chi connectivity index (χ3n) is 3.80. The Balaban J connectivity index is 1.97. The summed E-state index contributed by atoms with van der Waals surface area (Å²) in [7, 11) is 1.83. The summed E-state index contributed by atoms with van der Waals surface area (Å²) in [6.07, 6.45) is 2.78. The van der Waals surface area contributed by atoms with Gasteiger partial charge in [-0.25, -0.2) is 0 Å². The SMILES string of the molecule is CNc1nnc(CN2CCC(C(C)C)CCC2=O)s1. The number of carbonyl (C=O) groups excluding carboxylic acids is 1. The van der Waals surface area contributed by atoms with Gasteiger partial charge in [0.1, 0.15) is 5.01 Å². The Bertz CT molecular complexity index is 432. The van der Waals surface area contributed by atoms with E-state index >= 15 is 0 Å². The van der Waals surface area contributed by atoms with Crippen LogP contribution in [-0.2, 0) is 11.3 Å². The molecule has 1 amide bonds. The van der Waals surface area contributed by atoms with Gasteiger partial charge in [0, 0.05) is 20.0 Å². The van der Waals surface area contributed by atoms with Gasteiger partial charge in [0.25, 0.3) is 0 Å². The van der Waals surface area contributed by atoms with Crippen molar-refractivity contribution in [3.63, 3.8) is 0 Å². The number of nitrogens with one attached hydrogen (secondary N) is 1. The molecule has 1 saturated heterocycles. The van der Waals surface area contributed by atoms with Crippen molar-refractivity contribution in [2.75, 3.05) is 18.9 Å². The van der Waals surface area contributed by atoms with Crippen molar-refractivity contribution < 1.29 is 4.79 Å². The zero-order chi connectivity index (χ0) is 13.8. The molecule has 0 aromatic carbocycles. The van der Waals surface area contributed by atoms with Gasteiger partial charge < -0.3 is 10.2 Å². The Morgan fingerprint density at radius 2 is 2.21 bits per heavy atom. The zero-order valence-electron chi connectivity index (χ0n) is 11.8. The molecule has 1 aromatic rings. The molecule has 1 N–H and O–H groups in total. The molecule has 1 unspecified atom stereocenters. The predicted molar refractivity (Wildman–Crippen MR) is 77.1 cm³/mol. The summed E-state index contributed by atoms with van der Waals surface area (Å²) in [5.74, 6) is 1.57. The fourth-order valence-corrected chi connectivity index (χ4v) is 3.18. The summed E-state index contributed by atoms with van der Waals surface area (Å²) in [4.78, 5) is 14.1. The largest absolute Gasteiger partial charge is 0.363 e. The van der Waals surface area contributed by atoms with Gasteiger partial charge in [-0.15, -0.1) is 10.2 Å². The molecule has 2 rings (SSSR count). The Labute approximate surface area is 118 Å². The molecule has 1 aliphatic rings. The molecule has 2 heterocycles.